The smallest absolute Gasteiger partial charge is 0.328 e. The number of methoxy groups -OCH3 is 1. The Balaban J connectivity index is 1.79. The maximum absolute atomic E-state index is 13.5. The minimum atomic E-state index is -0.474. The standard InChI is InChI=1S/C24H36N2O3/c1-17(2)14-22(24(28)29-4)25-13-12-20(11-10-19-8-6-5-7-9-19)26-16-18(3)15-21(26)23(25)27/h5-9,17-18,20-22H,10-16H2,1-4H3/t18-,20?,21+,22-/m1/s1. The molecule has 0 aromatic heterocycles. The third-order valence-electron chi connectivity index (χ3n) is 6.44. The van der Waals surface area contributed by atoms with Gasteiger partial charge in [0.05, 0.1) is 13.2 Å². The molecule has 0 aliphatic carbocycles. The summed E-state index contributed by atoms with van der Waals surface area (Å²) in [6.45, 7) is 8.00. The molecule has 2 heterocycles. The van der Waals surface area contributed by atoms with Gasteiger partial charge in [-0.05, 0) is 49.5 Å². The number of carbonyl (C=O) groups excluding carboxylic acids is 2. The van der Waals surface area contributed by atoms with Crippen molar-refractivity contribution in [2.24, 2.45) is 11.8 Å². The Kier molecular flexibility index (Phi) is 7.33. The van der Waals surface area contributed by atoms with Crippen molar-refractivity contribution in [2.75, 3.05) is 20.2 Å². The quantitative estimate of drug-likeness (QED) is 0.657. The molecule has 2 aliphatic rings. The molecule has 1 unspecified atom stereocenters. The summed E-state index contributed by atoms with van der Waals surface area (Å²) in [6.07, 6.45) is 4.50. The summed E-state index contributed by atoms with van der Waals surface area (Å²) in [4.78, 5) is 30.3. The van der Waals surface area contributed by atoms with Gasteiger partial charge in [-0.2, -0.15) is 0 Å². The molecule has 1 amide bonds. The topological polar surface area (TPSA) is 49.9 Å². The van der Waals surface area contributed by atoms with Crippen LogP contribution in [0.15, 0.2) is 30.3 Å². The van der Waals surface area contributed by atoms with Gasteiger partial charge in [-0.1, -0.05) is 51.1 Å². The number of fused-ring (bicyclic) bond motifs is 1. The van der Waals surface area contributed by atoms with Crippen molar-refractivity contribution in [2.45, 2.75) is 71.0 Å². The molecule has 5 nitrogen and oxygen atoms in total. The molecular formula is C24H36N2O3. The van der Waals surface area contributed by atoms with Crippen LogP contribution in [0, 0.1) is 11.8 Å². The number of ether oxygens (including phenoxy) is 1. The molecule has 0 N–H and O–H groups in total. The number of hydrogen-bond acceptors (Lipinski definition) is 4. The molecule has 0 spiro atoms. The monoisotopic (exact) mass is 400 g/mol. The van der Waals surface area contributed by atoms with E-state index >= 15 is 0 Å². The highest BCUT2D eigenvalue weighted by molar-refractivity contribution is 5.88. The Morgan fingerprint density at radius 3 is 2.62 bits per heavy atom. The van der Waals surface area contributed by atoms with Gasteiger partial charge in [0.1, 0.15) is 6.04 Å². The van der Waals surface area contributed by atoms with Crippen LogP contribution in [0.3, 0.4) is 0 Å². The lowest BCUT2D eigenvalue weighted by molar-refractivity contribution is -0.154. The molecule has 29 heavy (non-hydrogen) atoms. The fourth-order valence-electron chi connectivity index (χ4n) is 5.01. The number of esters is 1. The van der Waals surface area contributed by atoms with Crippen molar-refractivity contribution < 1.29 is 14.3 Å². The number of aryl methyl sites for hydroxylation is 1. The average Bonchev–Trinajstić information content (AvgIpc) is 3.05. The number of hydrogen-bond donors (Lipinski definition) is 0. The van der Waals surface area contributed by atoms with Crippen LogP contribution in [0.25, 0.3) is 0 Å². The zero-order chi connectivity index (χ0) is 21.0. The molecular weight excluding hydrogens is 364 g/mol. The highest BCUT2D eigenvalue weighted by Crippen LogP contribution is 2.33. The fourth-order valence-corrected chi connectivity index (χ4v) is 5.01. The van der Waals surface area contributed by atoms with Crippen molar-refractivity contribution in [3.8, 4) is 0 Å². The first-order chi connectivity index (χ1) is 13.9. The van der Waals surface area contributed by atoms with Crippen molar-refractivity contribution in [1.29, 1.82) is 0 Å². The number of benzene rings is 1. The summed E-state index contributed by atoms with van der Waals surface area (Å²) in [5.41, 5.74) is 1.34. The average molecular weight is 401 g/mol. The Labute approximate surface area is 175 Å². The lowest BCUT2D eigenvalue weighted by atomic mass is 10.00. The maximum atomic E-state index is 13.5. The normalized spacial score (nSPS) is 26.3. The molecule has 2 aliphatic heterocycles. The van der Waals surface area contributed by atoms with Crippen LogP contribution in [-0.4, -0.2) is 60.0 Å². The highest BCUT2D eigenvalue weighted by atomic mass is 16.5. The van der Waals surface area contributed by atoms with Crippen molar-refractivity contribution in [3.05, 3.63) is 35.9 Å². The van der Waals surface area contributed by atoms with Crippen LogP contribution >= 0.6 is 0 Å². The van der Waals surface area contributed by atoms with E-state index in [1.54, 1.807) is 0 Å². The summed E-state index contributed by atoms with van der Waals surface area (Å²) >= 11 is 0. The Morgan fingerprint density at radius 1 is 1.24 bits per heavy atom. The third kappa shape index (κ3) is 5.19. The Hall–Kier alpha value is -1.88. The van der Waals surface area contributed by atoms with Crippen LogP contribution < -0.4 is 0 Å². The van der Waals surface area contributed by atoms with E-state index in [2.05, 4.69) is 49.9 Å². The molecule has 5 heteroatoms. The first-order valence-corrected chi connectivity index (χ1v) is 11.1. The summed E-state index contributed by atoms with van der Waals surface area (Å²) in [6, 6.07) is 10.4. The molecule has 4 atom stereocenters. The molecule has 160 valence electrons. The largest absolute Gasteiger partial charge is 0.467 e. The van der Waals surface area contributed by atoms with Crippen molar-refractivity contribution in [3.63, 3.8) is 0 Å². The van der Waals surface area contributed by atoms with E-state index in [1.807, 2.05) is 11.0 Å². The molecule has 3 rings (SSSR count). The van der Waals surface area contributed by atoms with Crippen LogP contribution in [-0.2, 0) is 20.7 Å². The summed E-state index contributed by atoms with van der Waals surface area (Å²) in [7, 11) is 1.42. The Morgan fingerprint density at radius 2 is 1.97 bits per heavy atom. The first kappa shape index (κ1) is 21.8. The van der Waals surface area contributed by atoms with E-state index in [0.717, 1.165) is 32.2 Å². The molecule has 1 aromatic carbocycles. The summed E-state index contributed by atoms with van der Waals surface area (Å²) < 4.78 is 5.07. The third-order valence-corrected chi connectivity index (χ3v) is 6.44. The lowest BCUT2D eigenvalue weighted by Crippen LogP contribution is -2.51. The molecule has 1 aromatic rings. The highest BCUT2D eigenvalue weighted by Gasteiger charge is 2.45. The van der Waals surface area contributed by atoms with Crippen LogP contribution in [0.1, 0.15) is 52.0 Å². The predicted octanol–water partition coefficient (Wildman–Crippen LogP) is 3.52. The van der Waals surface area contributed by atoms with E-state index in [0.29, 0.717) is 30.8 Å². The number of amides is 1. The van der Waals surface area contributed by atoms with E-state index in [4.69, 9.17) is 4.74 Å². The van der Waals surface area contributed by atoms with Crippen molar-refractivity contribution >= 4 is 11.9 Å². The molecule has 0 saturated carbocycles. The predicted molar refractivity (Wildman–Crippen MR) is 114 cm³/mol. The van der Waals surface area contributed by atoms with Gasteiger partial charge in [-0.3, -0.25) is 9.69 Å². The van der Waals surface area contributed by atoms with E-state index in [-0.39, 0.29) is 17.9 Å². The van der Waals surface area contributed by atoms with E-state index < -0.39 is 6.04 Å². The van der Waals surface area contributed by atoms with Crippen molar-refractivity contribution in [1.82, 2.24) is 9.80 Å². The van der Waals surface area contributed by atoms with Gasteiger partial charge < -0.3 is 9.64 Å². The molecule has 2 saturated heterocycles. The molecule has 0 bridgehead atoms. The van der Waals surface area contributed by atoms with Crippen LogP contribution in [0.4, 0.5) is 0 Å². The second kappa shape index (κ2) is 9.75. The second-order valence-corrected chi connectivity index (χ2v) is 9.22. The van der Waals surface area contributed by atoms with E-state index in [9.17, 15) is 9.59 Å². The van der Waals surface area contributed by atoms with Crippen LogP contribution in [0.5, 0.6) is 0 Å². The number of nitrogens with zero attached hydrogens (tertiary/aromatic N) is 2. The SMILES string of the molecule is COC(=O)[C@@H](CC(C)C)N1CCC(CCc2ccccc2)N2C[C@H](C)C[C@H]2C1=O. The van der Waals surface area contributed by atoms with Gasteiger partial charge in [0.25, 0.3) is 0 Å². The van der Waals surface area contributed by atoms with Gasteiger partial charge in [0, 0.05) is 19.1 Å². The zero-order valence-corrected chi connectivity index (χ0v) is 18.3. The maximum Gasteiger partial charge on any atom is 0.328 e. The molecule has 0 radical (unpaired) electrons. The number of carbonyl (C=O) groups is 2. The van der Waals surface area contributed by atoms with Gasteiger partial charge in [0.15, 0.2) is 0 Å². The fraction of sp³-hybridized carbons (Fsp3) is 0.667. The minimum Gasteiger partial charge on any atom is -0.467 e. The minimum absolute atomic E-state index is 0.104. The van der Waals surface area contributed by atoms with Gasteiger partial charge in [-0.15, -0.1) is 0 Å². The van der Waals surface area contributed by atoms with Gasteiger partial charge in [0.2, 0.25) is 5.91 Å². The second-order valence-electron chi connectivity index (χ2n) is 9.22. The van der Waals surface area contributed by atoms with E-state index in [1.165, 1.54) is 12.7 Å². The first-order valence-electron chi connectivity index (χ1n) is 11.1. The zero-order valence-electron chi connectivity index (χ0n) is 18.3. The van der Waals surface area contributed by atoms with Crippen LogP contribution in [0.2, 0.25) is 0 Å². The molecule has 2 fully saturated rings. The summed E-state index contributed by atoms with van der Waals surface area (Å²) in [5, 5.41) is 0. The van der Waals surface area contributed by atoms with Gasteiger partial charge >= 0.3 is 5.97 Å². The number of rotatable bonds is 7. The Bertz CT molecular complexity index is 691. The lowest BCUT2D eigenvalue weighted by Gasteiger charge is -2.32. The van der Waals surface area contributed by atoms with Gasteiger partial charge in [-0.25, -0.2) is 4.79 Å². The summed E-state index contributed by atoms with van der Waals surface area (Å²) in [5.74, 6) is 0.660.